The minimum atomic E-state index is -0.447. The molecule has 0 radical (unpaired) electrons. The van der Waals surface area contributed by atoms with Gasteiger partial charge in [0.15, 0.2) is 5.13 Å². The molecule has 140 valence electrons. The third kappa shape index (κ3) is 4.52. The number of hydrogen-bond acceptors (Lipinski definition) is 4. The lowest BCUT2D eigenvalue weighted by atomic mass is 10.0. The predicted octanol–water partition coefficient (Wildman–Crippen LogP) is 5.61. The van der Waals surface area contributed by atoms with E-state index in [0.717, 1.165) is 28.1 Å². The number of carbonyl (C=O) groups excluding carboxylic acids is 1. The molecule has 0 spiro atoms. The van der Waals surface area contributed by atoms with Gasteiger partial charge in [0.25, 0.3) is 5.91 Å². The van der Waals surface area contributed by atoms with Crippen molar-refractivity contribution in [3.63, 3.8) is 0 Å². The van der Waals surface area contributed by atoms with Crippen LogP contribution in [0.4, 0.5) is 9.52 Å². The Morgan fingerprint density at radius 1 is 1.19 bits per heavy atom. The first-order chi connectivity index (χ1) is 12.8. The summed E-state index contributed by atoms with van der Waals surface area (Å²) in [5.74, 6) is 0.000527. The van der Waals surface area contributed by atoms with Crippen molar-refractivity contribution in [1.29, 1.82) is 0 Å². The summed E-state index contributed by atoms with van der Waals surface area (Å²) in [6.45, 7) is 8.01. The zero-order chi connectivity index (χ0) is 19.6. The molecule has 0 aliphatic heterocycles. The largest absolute Gasteiger partial charge is 0.491 e. The summed E-state index contributed by atoms with van der Waals surface area (Å²) < 4.78 is 19.1. The summed E-state index contributed by atoms with van der Waals surface area (Å²) in [6, 6.07) is 9.56. The van der Waals surface area contributed by atoms with Gasteiger partial charge in [0.05, 0.1) is 11.8 Å². The molecular weight excluding hydrogens is 363 g/mol. The molecule has 0 bridgehead atoms. The second kappa shape index (κ2) is 7.88. The van der Waals surface area contributed by atoms with E-state index >= 15 is 0 Å². The molecule has 6 heteroatoms. The van der Waals surface area contributed by atoms with Crippen LogP contribution in [0.3, 0.4) is 0 Å². The van der Waals surface area contributed by atoms with E-state index in [2.05, 4.69) is 10.3 Å². The van der Waals surface area contributed by atoms with Crippen molar-refractivity contribution in [2.75, 3.05) is 5.32 Å². The van der Waals surface area contributed by atoms with Crippen LogP contribution in [-0.2, 0) is 0 Å². The molecule has 2 aromatic carbocycles. The number of carbonyl (C=O) groups is 1. The first kappa shape index (κ1) is 19.0. The number of thiazole rings is 1. The highest BCUT2D eigenvalue weighted by atomic mass is 32.1. The van der Waals surface area contributed by atoms with Gasteiger partial charge >= 0.3 is 0 Å². The second-order valence-electron chi connectivity index (χ2n) is 6.60. The van der Waals surface area contributed by atoms with Crippen molar-refractivity contribution in [2.45, 2.75) is 33.8 Å². The third-order valence-corrected chi connectivity index (χ3v) is 4.70. The molecule has 3 rings (SSSR count). The fourth-order valence-electron chi connectivity index (χ4n) is 2.91. The lowest BCUT2D eigenvalue weighted by Gasteiger charge is -2.14. The summed E-state index contributed by atoms with van der Waals surface area (Å²) in [5, 5.41) is 5.10. The molecule has 0 atom stereocenters. The zero-order valence-electron chi connectivity index (χ0n) is 15.7. The van der Waals surface area contributed by atoms with E-state index in [-0.39, 0.29) is 17.6 Å². The minimum absolute atomic E-state index is 0.110. The fourth-order valence-corrected chi connectivity index (χ4v) is 3.61. The summed E-state index contributed by atoms with van der Waals surface area (Å²) in [4.78, 5) is 16.8. The Labute approximate surface area is 162 Å². The van der Waals surface area contributed by atoms with Gasteiger partial charge in [-0.3, -0.25) is 10.1 Å². The van der Waals surface area contributed by atoms with Gasteiger partial charge in [-0.15, -0.1) is 11.3 Å². The number of hydrogen-bond donors (Lipinski definition) is 1. The number of aromatic nitrogens is 1. The van der Waals surface area contributed by atoms with E-state index in [1.807, 2.05) is 45.2 Å². The number of benzene rings is 2. The van der Waals surface area contributed by atoms with Crippen molar-refractivity contribution < 1.29 is 13.9 Å². The lowest BCUT2D eigenvalue weighted by molar-refractivity contribution is 0.102. The molecule has 27 heavy (non-hydrogen) atoms. The summed E-state index contributed by atoms with van der Waals surface area (Å²) >= 11 is 1.34. The molecule has 0 saturated carbocycles. The highest BCUT2D eigenvalue weighted by Crippen LogP contribution is 2.33. The molecule has 0 fully saturated rings. The van der Waals surface area contributed by atoms with E-state index in [1.165, 1.54) is 29.5 Å². The molecule has 0 aliphatic rings. The van der Waals surface area contributed by atoms with Crippen LogP contribution in [0.15, 0.2) is 41.8 Å². The molecule has 4 nitrogen and oxygen atoms in total. The molecule has 1 N–H and O–H groups in total. The molecule has 0 unspecified atom stereocenters. The van der Waals surface area contributed by atoms with Crippen molar-refractivity contribution in [1.82, 2.24) is 4.98 Å². The van der Waals surface area contributed by atoms with E-state index in [0.29, 0.717) is 5.13 Å². The van der Waals surface area contributed by atoms with Crippen molar-refractivity contribution in [3.05, 3.63) is 64.3 Å². The van der Waals surface area contributed by atoms with Gasteiger partial charge in [-0.25, -0.2) is 9.37 Å². The van der Waals surface area contributed by atoms with Crippen LogP contribution in [0.1, 0.15) is 35.3 Å². The quantitative estimate of drug-likeness (QED) is 0.622. The lowest BCUT2D eigenvalue weighted by Crippen LogP contribution is -2.11. The first-order valence-corrected chi connectivity index (χ1v) is 9.52. The summed E-state index contributed by atoms with van der Waals surface area (Å²) in [7, 11) is 0. The molecule has 0 aliphatic carbocycles. The zero-order valence-corrected chi connectivity index (χ0v) is 16.5. The Bertz CT molecular complexity index is 959. The highest BCUT2D eigenvalue weighted by molar-refractivity contribution is 7.14. The van der Waals surface area contributed by atoms with Gasteiger partial charge in [-0.1, -0.05) is 6.07 Å². The normalized spacial score (nSPS) is 10.9. The van der Waals surface area contributed by atoms with Crippen molar-refractivity contribution in [2.24, 2.45) is 0 Å². The number of nitrogens with zero attached hydrogens (tertiary/aromatic N) is 1. The summed E-state index contributed by atoms with van der Waals surface area (Å²) in [6.07, 6.45) is 0.110. The Morgan fingerprint density at radius 3 is 2.52 bits per heavy atom. The molecule has 1 amide bonds. The average molecular weight is 384 g/mol. The monoisotopic (exact) mass is 384 g/mol. The average Bonchev–Trinajstić information content (AvgIpc) is 3.01. The highest BCUT2D eigenvalue weighted by Gasteiger charge is 2.14. The van der Waals surface area contributed by atoms with Gasteiger partial charge in [-0.05, 0) is 69.2 Å². The minimum Gasteiger partial charge on any atom is -0.491 e. The second-order valence-corrected chi connectivity index (χ2v) is 7.46. The molecule has 0 saturated heterocycles. The maximum absolute atomic E-state index is 13.3. The standard InChI is InChI=1S/C21H21FN2O2S/c1-12(2)26-17-8-13(3)19(14(4)9-17)18-11-27-21(23-18)24-20(25)15-6-5-7-16(22)10-15/h5-12H,1-4H3,(H,23,24,25). The maximum atomic E-state index is 13.3. The number of aryl methyl sites for hydroxylation is 2. The van der Waals surface area contributed by atoms with Crippen LogP contribution >= 0.6 is 11.3 Å². The van der Waals surface area contributed by atoms with Gasteiger partial charge < -0.3 is 4.74 Å². The molecular formula is C21H21FN2O2S. The van der Waals surface area contributed by atoms with Crippen LogP contribution in [0.25, 0.3) is 11.3 Å². The van der Waals surface area contributed by atoms with Crippen LogP contribution in [0.5, 0.6) is 5.75 Å². The molecule has 3 aromatic rings. The number of halogens is 1. The maximum Gasteiger partial charge on any atom is 0.257 e. The summed E-state index contributed by atoms with van der Waals surface area (Å²) in [5.41, 5.74) is 4.18. The Balaban J connectivity index is 1.82. The van der Waals surface area contributed by atoms with Gasteiger partial charge in [0.2, 0.25) is 0 Å². The number of amides is 1. The third-order valence-electron chi connectivity index (χ3n) is 3.95. The van der Waals surface area contributed by atoms with Gasteiger partial charge in [-0.2, -0.15) is 0 Å². The number of nitrogens with one attached hydrogen (secondary N) is 1. The van der Waals surface area contributed by atoms with Gasteiger partial charge in [0.1, 0.15) is 11.6 Å². The Hall–Kier alpha value is -2.73. The smallest absolute Gasteiger partial charge is 0.257 e. The van der Waals surface area contributed by atoms with Crippen LogP contribution < -0.4 is 10.1 Å². The Kier molecular flexibility index (Phi) is 5.56. The molecule has 1 aromatic heterocycles. The number of anilines is 1. The fraction of sp³-hybridized carbons (Fsp3) is 0.238. The molecule has 1 heterocycles. The van der Waals surface area contributed by atoms with E-state index < -0.39 is 5.82 Å². The van der Waals surface area contributed by atoms with E-state index in [4.69, 9.17) is 4.74 Å². The van der Waals surface area contributed by atoms with Crippen molar-refractivity contribution >= 4 is 22.4 Å². The predicted molar refractivity (Wildman–Crippen MR) is 107 cm³/mol. The van der Waals surface area contributed by atoms with Crippen LogP contribution in [0, 0.1) is 19.7 Å². The van der Waals surface area contributed by atoms with E-state index in [9.17, 15) is 9.18 Å². The van der Waals surface area contributed by atoms with Gasteiger partial charge in [0, 0.05) is 16.5 Å². The van der Waals surface area contributed by atoms with Crippen LogP contribution in [0.2, 0.25) is 0 Å². The Morgan fingerprint density at radius 2 is 1.89 bits per heavy atom. The number of ether oxygens (including phenoxy) is 1. The van der Waals surface area contributed by atoms with Crippen LogP contribution in [-0.4, -0.2) is 17.0 Å². The number of rotatable bonds is 5. The van der Waals surface area contributed by atoms with Crippen molar-refractivity contribution in [3.8, 4) is 17.0 Å². The topological polar surface area (TPSA) is 51.2 Å². The first-order valence-electron chi connectivity index (χ1n) is 8.64. The van der Waals surface area contributed by atoms with E-state index in [1.54, 1.807) is 6.07 Å². The SMILES string of the molecule is Cc1cc(OC(C)C)cc(C)c1-c1csc(NC(=O)c2cccc(F)c2)n1.